The summed E-state index contributed by atoms with van der Waals surface area (Å²) in [6.07, 6.45) is 84.4. The van der Waals surface area contributed by atoms with Crippen LogP contribution in [0.25, 0.3) is 0 Å². The molecule has 0 aromatic heterocycles. The molecule has 0 aromatic rings. The fourth-order valence-electron chi connectivity index (χ4n) is 16.6. The molecule has 0 amide bonds. The van der Waals surface area contributed by atoms with E-state index in [1.165, 1.54) is 334 Å². The van der Waals surface area contributed by atoms with E-state index < -0.39 is 19.2 Å². The maximum absolute atomic E-state index is 15.4. The van der Waals surface area contributed by atoms with E-state index in [9.17, 15) is 0 Å². The van der Waals surface area contributed by atoms with Gasteiger partial charge in [0.2, 0.25) is 0 Å². The van der Waals surface area contributed by atoms with E-state index in [2.05, 4.69) is 55.4 Å². The minimum atomic E-state index is -5.43. The van der Waals surface area contributed by atoms with Crippen molar-refractivity contribution in [3.63, 3.8) is 0 Å². The Hall–Kier alpha value is 1.17. The van der Waals surface area contributed by atoms with Gasteiger partial charge in [0.05, 0.1) is 0 Å². The Balaban J connectivity index is 7.24. The predicted molar refractivity (Wildman–Crippen MR) is 407 cm³/mol. The average Bonchev–Trinajstić information content (AvgIpc) is 0.644. The van der Waals surface area contributed by atoms with Crippen LogP contribution in [0.3, 0.4) is 0 Å². The van der Waals surface area contributed by atoms with Crippen LogP contribution in [-0.4, -0.2) is 64.0 Å². The molecule has 0 heterocycles. The van der Waals surface area contributed by atoms with Gasteiger partial charge in [0, 0.05) is 0 Å². The zero-order valence-electron chi connectivity index (χ0n) is 61.6. The molecule has 0 radical (unpaired) electrons. The summed E-state index contributed by atoms with van der Waals surface area (Å²) in [7, 11) is 0. The van der Waals surface area contributed by atoms with Gasteiger partial charge in [-0.05, 0) is 0 Å². The molecule has 0 bridgehead atoms. The van der Waals surface area contributed by atoms with E-state index in [0.29, 0.717) is 0 Å². The molecule has 0 fully saturated rings. The van der Waals surface area contributed by atoms with Crippen molar-refractivity contribution < 1.29 is 14.7 Å². The van der Waals surface area contributed by atoms with Crippen LogP contribution in [0.4, 0.5) is 0 Å². The number of unbranched alkanes of at least 4 members (excludes halogenated alkanes) is 56. The molecule has 0 unspecified atom stereocenters. The summed E-state index contributed by atoms with van der Waals surface area (Å²) in [6.45, 7) is 13.4. The van der Waals surface area contributed by atoms with E-state index in [1.807, 2.05) is 0 Å². The standard InChI is InChI=1S/C80H171O3P3/c1-9-17-25-29-33-37-41-45-49-53-57-61-65-69-77-84(73-21-13-5,74-22-14-6,78-70-66-62-58-54-50-46-42-38-34-30-26-18-10-2)86(81,82,83)85(75-23-15-7,76-24-16-8,79-71-67-63-59-55-51-47-43-39-35-31-27-19-11-3)80-72-68-64-60-56-52-48-44-40-36-32-28-20-12-4/h81-83H,9-80H2,1-8H3. The minimum Gasteiger partial charge on any atom is -0.0654 e. The van der Waals surface area contributed by atoms with E-state index >= 15 is 14.7 Å². The number of hydrogen-bond acceptors (Lipinski definition) is 3. The first kappa shape index (κ1) is 87.2. The van der Waals surface area contributed by atoms with Gasteiger partial charge in [-0.1, -0.05) is 105 Å². The summed E-state index contributed by atoms with van der Waals surface area (Å²) in [5.41, 5.74) is 0. The third kappa shape index (κ3) is 36.2. The molecular weight excluding hydrogens is 1100 g/mol. The van der Waals surface area contributed by atoms with Gasteiger partial charge in [0.25, 0.3) is 0 Å². The SMILES string of the molecule is CCCCCCCCCCCCCCCCP(CCCC)(CCCC)(CCCCCCCCCCCCCCCC)P(O)(O)(O)P(CCCC)(CCCC)(CCCCCCCCCCCCCCCC)CCCCCCCCCCCCCCCC. The Bertz CT molecular complexity index is 1190. The summed E-state index contributed by atoms with van der Waals surface area (Å²) < 4.78 is 0. The summed E-state index contributed by atoms with van der Waals surface area (Å²) in [4.78, 5) is 46.1. The van der Waals surface area contributed by atoms with Crippen LogP contribution in [0.15, 0.2) is 0 Å². The minimum absolute atomic E-state index is 0.952. The molecule has 0 aromatic carbocycles. The second kappa shape index (κ2) is 58.7. The molecule has 0 aliphatic heterocycles. The maximum atomic E-state index is 15.4. The zero-order valence-corrected chi connectivity index (χ0v) is 64.3. The third-order valence-corrected chi connectivity index (χ3v) is 64.5. The van der Waals surface area contributed by atoms with Crippen LogP contribution < -0.4 is 0 Å². The van der Waals surface area contributed by atoms with Gasteiger partial charge in [0.15, 0.2) is 0 Å². The van der Waals surface area contributed by atoms with Crippen LogP contribution in [0, 0.1) is 0 Å². The molecule has 3 nitrogen and oxygen atoms in total. The van der Waals surface area contributed by atoms with Crippen molar-refractivity contribution in [1.82, 2.24) is 0 Å². The Morgan fingerprint density at radius 1 is 0.128 bits per heavy atom. The summed E-state index contributed by atoms with van der Waals surface area (Å²) >= 11 is 0. The molecule has 0 aliphatic carbocycles. The molecule has 0 rings (SSSR count). The molecule has 6 heteroatoms. The van der Waals surface area contributed by atoms with Gasteiger partial charge in [-0.25, -0.2) is 0 Å². The van der Waals surface area contributed by atoms with Crippen LogP contribution >= 0.6 is 19.2 Å². The predicted octanol–water partition coefficient (Wildman–Crippen LogP) is 30.3. The molecule has 0 atom stereocenters. The molecule has 0 aliphatic rings. The monoisotopic (exact) mass is 1270 g/mol. The van der Waals surface area contributed by atoms with Gasteiger partial charge >= 0.3 is 445 Å². The van der Waals surface area contributed by atoms with Crippen LogP contribution in [-0.2, 0) is 0 Å². The molecule has 0 saturated carbocycles. The van der Waals surface area contributed by atoms with Gasteiger partial charge in [-0.3, -0.25) is 0 Å². The molecule has 3 N–H and O–H groups in total. The van der Waals surface area contributed by atoms with Crippen LogP contribution in [0.5, 0.6) is 0 Å². The third-order valence-electron chi connectivity index (χ3n) is 22.7. The Kier molecular flexibility index (Phi) is 59.5. The second-order valence-corrected chi connectivity index (χ2v) is 55.4. The van der Waals surface area contributed by atoms with E-state index in [1.54, 1.807) is 0 Å². The van der Waals surface area contributed by atoms with Crippen molar-refractivity contribution >= 4 is 19.2 Å². The molecule has 86 heavy (non-hydrogen) atoms. The smallest absolute Gasteiger partial charge is 0.0654 e. The molecular formula is C80H171O3P3. The van der Waals surface area contributed by atoms with Crippen molar-refractivity contribution in [1.29, 1.82) is 0 Å². The quantitative estimate of drug-likeness (QED) is 0.0420. The fraction of sp³-hybridized carbons (Fsp3) is 1.00. The Labute approximate surface area is 546 Å². The Morgan fingerprint density at radius 3 is 0.337 bits per heavy atom. The summed E-state index contributed by atoms with van der Waals surface area (Å²) in [5.74, 6) is 0. The van der Waals surface area contributed by atoms with Crippen LogP contribution in [0.1, 0.15) is 466 Å². The Morgan fingerprint density at radius 2 is 0.221 bits per heavy atom. The van der Waals surface area contributed by atoms with Crippen molar-refractivity contribution in [2.75, 3.05) is 49.3 Å². The first-order valence-corrected chi connectivity index (χ1v) is 50.6. The summed E-state index contributed by atoms with van der Waals surface area (Å²) in [5, 5.41) is 0. The van der Waals surface area contributed by atoms with Gasteiger partial charge in [-0.2, -0.15) is 0 Å². The first-order valence-electron chi connectivity index (χ1n) is 41.2. The van der Waals surface area contributed by atoms with Gasteiger partial charge in [-0.15, -0.1) is 0 Å². The second-order valence-electron chi connectivity index (χ2n) is 30.3. The van der Waals surface area contributed by atoms with E-state index in [4.69, 9.17) is 0 Å². The first-order chi connectivity index (χ1) is 41.9. The number of hydrogen-bond donors (Lipinski definition) is 3. The average molecular weight is 1270 g/mol. The summed E-state index contributed by atoms with van der Waals surface area (Å²) in [6, 6.07) is 0. The van der Waals surface area contributed by atoms with Gasteiger partial charge in [0.1, 0.15) is 0 Å². The van der Waals surface area contributed by atoms with E-state index in [-0.39, 0.29) is 0 Å². The van der Waals surface area contributed by atoms with Crippen molar-refractivity contribution in [3.05, 3.63) is 0 Å². The molecule has 0 saturated heterocycles. The topological polar surface area (TPSA) is 60.7 Å². The van der Waals surface area contributed by atoms with E-state index in [0.717, 1.165) is 126 Å². The fourth-order valence-corrected chi connectivity index (χ4v) is 67.8. The zero-order chi connectivity index (χ0) is 63.3. The molecule has 0 spiro atoms. The molecule has 524 valence electrons. The normalized spacial score (nSPS) is 13.9. The van der Waals surface area contributed by atoms with Crippen molar-refractivity contribution in [3.8, 4) is 0 Å². The van der Waals surface area contributed by atoms with Crippen LogP contribution in [0.2, 0.25) is 0 Å². The van der Waals surface area contributed by atoms with Crippen molar-refractivity contribution in [2.45, 2.75) is 466 Å². The van der Waals surface area contributed by atoms with Crippen molar-refractivity contribution in [2.24, 2.45) is 0 Å². The number of rotatable bonds is 74. The van der Waals surface area contributed by atoms with Gasteiger partial charge < -0.3 is 0 Å².